The molecule has 1 aliphatic heterocycles. The molecule has 1 aliphatic rings. The quantitative estimate of drug-likeness (QED) is 0.811. The van der Waals surface area contributed by atoms with E-state index in [1.807, 2.05) is 35.2 Å². The van der Waals surface area contributed by atoms with Gasteiger partial charge in [0.25, 0.3) is 0 Å². The minimum absolute atomic E-state index is 0.0117. The van der Waals surface area contributed by atoms with Crippen LogP contribution in [0.15, 0.2) is 54.6 Å². The number of nitriles is 1. The number of nitrogens with one attached hydrogen (secondary N) is 2. The predicted molar refractivity (Wildman–Crippen MR) is 107 cm³/mol. The number of carbonyl (C=O) groups is 2. The van der Waals surface area contributed by atoms with Crippen LogP contribution in [-0.4, -0.2) is 36.3 Å². The first kappa shape index (κ1) is 19.6. The predicted octanol–water partition coefficient (Wildman–Crippen LogP) is 2.53. The summed E-state index contributed by atoms with van der Waals surface area (Å²) < 4.78 is 0. The van der Waals surface area contributed by atoms with Gasteiger partial charge < -0.3 is 10.6 Å². The van der Waals surface area contributed by atoms with E-state index in [0.29, 0.717) is 30.9 Å². The molecule has 0 unspecified atom stereocenters. The van der Waals surface area contributed by atoms with Crippen LogP contribution in [0.2, 0.25) is 0 Å². The summed E-state index contributed by atoms with van der Waals surface area (Å²) in [6, 6.07) is 18.9. The van der Waals surface area contributed by atoms with E-state index in [4.69, 9.17) is 5.26 Å². The van der Waals surface area contributed by atoms with Crippen molar-refractivity contribution in [2.24, 2.45) is 5.92 Å². The van der Waals surface area contributed by atoms with Crippen molar-refractivity contribution in [3.8, 4) is 6.07 Å². The highest BCUT2D eigenvalue weighted by Gasteiger charge is 2.25. The lowest BCUT2D eigenvalue weighted by atomic mass is 9.96. The molecule has 3 rings (SSSR count). The third-order valence-electron chi connectivity index (χ3n) is 4.96. The Kier molecular flexibility index (Phi) is 6.77. The number of anilines is 1. The van der Waals surface area contributed by atoms with Crippen LogP contribution in [0.3, 0.4) is 0 Å². The molecule has 0 saturated carbocycles. The van der Waals surface area contributed by atoms with Gasteiger partial charge in [0.1, 0.15) is 6.07 Å². The molecule has 28 heavy (non-hydrogen) atoms. The molecule has 0 spiro atoms. The maximum absolute atomic E-state index is 12.4. The van der Waals surface area contributed by atoms with Gasteiger partial charge in [-0.2, -0.15) is 5.26 Å². The van der Waals surface area contributed by atoms with Gasteiger partial charge in [-0.05, 0) is 43.6 Å². The highest BCUT2D eigenvalue weighted by molar-refractivity contribution is 5.93. The summed E-state index contributed by atoms with van der Waals surface area (Å²) in [6.07, 6.45) is 1.48. The van der Waals surface area contributed by atoms with Crippen molar-refractivity contribution in [2.75, 3.05) is 25.0 Å². The van der Waals surface area contributed by atoms with E-state index in [-0.39, 0.29) is 24.3 Å². The van der Waals surface area contributed by atoms with Gasteiger partial charge in [-0.1, -0.05) is 42.5 Å². The molecule has 1 fully saturated rings. The summed E-state index contributed by atoms with van der Waals surface area (Å²) >= 11 is 0. The molecule has 0 radical (unpaired) electrons. The van der Waals surface area contributed by atoms with Crippen molar-refractivity contribution in [1.82, 2.24) is 10.2 Å². The van der Waals surface area contributed by atoms with E-state index < -0.39 is 0 Å². The Bertz CT molecular complexity index is 852. The summed E-state index contributed by atoms with van der Waals surface area (Å²) in [7, 11) is 0. The fourth-order valence-corrected chi connectivity index (χ4v) is 3.37. The van der Waals surface area contributed by atoms with Crippen LogP contribution >= 0.6 is 0 Å². The Morgan fingerprint density at radius 2 is 1.71 bits per heavy atom. The van der Waals surface area contributed by atoms with Crippen molar-refractivity contribution >= 4 is 17.5 Å². The molecule has 144 valence electrons. The monoisotopic (exact) mass is 376 g/mol. The van der Waals surface area contributed by atoms with Gasteiger partial charge >= 0.3 is 0 Å². The average molecular weight is 376 g/mol. The molecule has 1 saturated heterocycles. The van der Waals surface area contributed by atoms with Crippen molar-refractivity contribution in [2.45, 2.75) is 19.4 Å². The van der Waals surface area contributed by atoms with Crippen molar-refractivity contribution in [3.05, 3.63) is 65.7 Å². The van der Waals surface area contributed by atoms with Gasteiger partial charge in [-0.15, -0.1) is 0 Å². The summed E-state index contributed by atoms with van der Waals surface area (Å²) in [5, 5.41) is 14.9. The molecular formula is C22H24N4O2. The highest BCUT2D eigenvalue weighted by Crippen LogP contribution is 2.18. The summed E-state index contributed by atoms with van der Waals surface area (Å²) in [6.45, 7) is 2.21. The van der Waals surface area contributed by atoms with Crippen LogP contribution < -0.4 is 10.6 Å². The molecule has 1 heterocycles. The highest BCUT2D eigenvalue weighted by atomic mass is 16.2. The number of amides is 2. The number of hydrogen-bond acceptors (Lipinski definition) is 4. The molecule has 0 aromatic heterocycles. The molecular weight excluding hydrogens is 352 g/mol. The van der Waals surface area contributed by atoms with E-state index in [1.54, 1.807) is 24.3 Å². The zero-order valence-electron chi connectivity index (χ0n) is 15.7. The van der Waals surface area contributed by atoms with Crippen LogP contribution in [0.25, 0.3) is 0 Å². The van der Waals surface area contributed by atoms with E-state index in [1.165, 1.54) is 0 Å². The van der Waals surface area contributed by atoms with Gasteiger partial charge in [-0.25, -0.2) is 0 Å². The maximum atomic E-state index is 12.4. The van der Waals surface area contributed by atoms with E-state index >= 15 is 0 Å². The number of nitrogens with zero attached hydrogens (tertiary/aromatic N) is 2. The second-order valence-electron chi connectivity index (χ2n) is 6.96. The molecule has 0 bridgehead atoms. The lowest BCUT2D eigenvalue weighted by Crippen LogP contribution is -2.43. The summed E-state index contributed by atoms with van der Waals surface area (Å²) in [5.41, 5.74) is 2.07. The van der Waals surface area contributed by atoms with E-state index in [9.17, 15) is 9.59 Å². The lowest BCUT2D eigenvalue weighted by molar-refractivity contribution is -0.126. The zero-order valence-corrected chi connectivity index (χ0v) is 15.7. The molecule has 2 aromatic carbocycles. The minimum atomic E-state index is -0.144. The normalized spacial score (nSPS) is 14.8. The first-order valence-electron chi connectivity index (χ1n) is 9.48. The third kappa shape index (κ3) is 5.41. The largest absolute Gasteiger partial charge is 0.352 e. The number of para-hydroxylation sites is 1. The van der Waals surface area contributed by atoms with E-state index in [0.717, 1.165) is 18.4 Å². The molecule has 0 atom stereocenters. The molecule has 6 nitrogen and oxygen atoms in total. The van der Waals surface area contributed by atoms with Crippen LogP contribution in [0, 0.1) is 17.2 Å². The Labute approximate surface area is 165 Å². The number of hydrogen-bond donors (Lipinski definition) is 2. The van der Waals surface area contributed by atoms with Gasteiger partial charge in [0, 0.05) is 12.5 Å². The van der Waals surface area contributed by atoms with Crippen molar-refractivity contribution in [3.63, 3.8) is 0 Å². The first-order chi connectivity index (χ1) is 13.7. The molecule has 0 aliphatic carbocycles. The smallest absolute Gasteiger partial charge is 0.238 e. The number of piperidine rings is 1. The van der Waals surface area contributed by atoms with Gasteiger partial charge in [0.05, 0.1) is 17.8 Å². The van der Waals surface area contributed by atoms with Gasteiger partial charge in [-0.3, -0.25) is 14.5 Å². The first-order valence-corrected chi connectivity index (χ1v) is 9.48. The Hall–Kier alpha value is -3.17. The fraction of sp³-hybridized carbons (Fsp3) is 0.318. The van der Waals surface area contributed by atoms with E-state index in [2.05, 4.69) is 16.7 Å². The van der Waals surface area contributed by atoms with Gasteiger partial charge in [0.2, 0.25) is 11.8 Å². The second-order valence-corrected chi connectivity index (χ2v) is 6.96. The van der Waals surface area contributed by atoms with Crippen LogP contribution in [0.5, 0.6) is 0 Å². The maximum Gasteiger partial charge on any atom is 0.238 e. The number of rotatable bonds is 6. The summed E-state index contributed by atoms with van der Waals surface area (Å²) in [5.74, 6) is -0.0760. The Morgan fingerprint density at radius 1 is 1.04 bits per heavy atom. The summed E-state index contributed by atoms with van der Waals surface area (Å²) in [4.78, 5) is 26.7. The van der Waals surface area contributed by atoms with Gasteiger partial charge in [0.15, 0.2) is 0 Å². The second kappa shape index (κ2) is 9.67. The number of benzene rings is 2. The average Bonchev–Trinajstić information content (AvgIpc) is 2.73. The minimum Gasteiger partial charge on any atom is -0.352 e. The molecule has 2 amide bonds. The molecule has 2 aromatic rings. The SMILES string of the molecule is N#Cc1ccccc1NC(=O)CN1CCC(C(=O)NCc2ccccc2)CC1. The van der Waals surface area contributed by atoms with Crippen LogP contribution in [0.4, 0.5) is 5.69 Å². The Balaban J connectivity index is 1.41. The number of carbonyl (C=O) groups excluding carboxylic acids is 2. The Morgan fingerprint density at radius 3 is 2.43 bits per heavy atom. The fourth-order valence-electron chi connectivity index (χ4n) is 3.37. The van der Waals surface area contributed by atoms with Crippen LogP contribution in [0.1, 0.15) is 24.0 Å². The van der Waals surface area contributed by atoms with Crippen molar-refractivity contribution < 1.29 is 9.59 Å². The molecule has 6 heteroatoms. The van der Waals surface area contributed by atoms with Crippen molar-refractivity contribution in [1.29, 1.82) is 5.26 Å². The van der Waals surface area contributed by atoms with Crippen LogP contribution in [-0.2, 0) is 16.1 Å². The lowest BCUT2D eigenvalue weighted by Gasteiger charge is -2.30. The zero-order chi connectivity index (χ0) is 19.8. The topological polar surface area (TPSA) is 85.2 Å². The molecule has 2 N–H and O–H groups in total. The standard InChI is InChI=1S/C22H24N4O2/c23-14-19-8-4-5-9-20(19)25-21(27)16-26-12-10-18(11-13-26)22(28)24-15-17-6-2-1-3-7-17/h1-9,18H,10-13,15-16H2,(H,24,28)(H,25,27). The number of likely N-dealkylation sites (tertiary alicyclic amines) is 1. The third-order valence-corrected chi connectivity index (χ3v) is 4.96.